The van der Waals surface area contributed by atoms with Gasteiger partial charge < -0.3 is 10.6 Å². The van der Waals surface area contributed by atoms with Crippen LogP contribution in [-0.4, -0.2) is 19.0 Å². The minimum atomic E-state index is -0.232. The molecule has 1 amide bonds. The van der Waals surface area contributed by atoms with Crippen LogP contribution in [0.3, 0.4) is 0 Å². The summed E-state index contributed by atoms with van der Waals surface area (Å²) in [6.07, 6.45) is 0.761. The molecule has 0 atom stereocenters. The summed E-state index contributed by atoms with van der Waals surface area (Å²) in [4.78, 5) is 11.9. The van der Waals surface area contributed by atoms with Crippen molar-refractivity contribution in [1.82, 2.24) is 5.32 Å². The summed E-state index contributed by atoms with van der Waals surface area (Å²) in [5.41, 5.74) is 3.10. The summed E-state index contributed by atoms with van der Waals surface area (Å²) >= 11 is 0. The van der Waals surface area contributed by atoms with Gasteiger partial charge in [-0.05, 0) is 54.3 Å². The third-order valence-corrected chi connectivity index (χ3v) is 3.65. The lowest BCUT2D eigenvalue weighted by molar-refractivity contribution is -0.115. The molecular weight excluding hydrogens is 291 g/mol. The maximum Gasteiger partial charge on any atom is 0.238 e. The van der Waals surface area contributed by atoms with Crippen molar-refractivity contribution >= 4 is 11.6 Å². The zero-order valence-electron chi connectivity index (χ0n) is 13.6. The first kappa shape index (κ1) is 17.2. The first-order valence-electron chi connectivity index (χ1n) is 7.89. The lowest BCUT2D eigenvalue weighted by atomic mass is 10.0. The number of rotatable bonds is 7. The van der Waals surface area contributed by atoms with Gasteiger partial charge in [-0.1, -0.05) is 38.1 Å². The van der Waals surface area contributed by atoms with Gasteiger partial charge in [0.1, 0.15) is 5.82 Å². The molecule has 0 aliphatic carbocycles. The van der Waals surface area contributed by atoms with Crippen molar-refractivity contribution < 1.29 is 9.18 Å². The van der Waals surface area contributed by atoms with Gasteiger partial charge >= 0.3 is 0 Å². The number of nitrogens with one attached hydrogen (secondary N) is 2. The molecule has 2 rings (SSSR count). The molecule has 0 saturated carbocycles. The molecule has 0 saturated heterocycles. The van der Waals surface area contributed by atoms with Gasteiger partial charge in [-0.25, -0.2) is 4.39 Å². The van der Waals surface area contributed by atoms with Crippen molar-refractivity contribution in [3.05, 3.63) is 65.5 Å². The summed E-state index contributed by atoms with van der Waals surface area (Å²) in [6.45, 7) is 5.20. The van der Waals surface area contributed by atoms with Crippen molar-refractivity contribution in [2.75, 3.05) is 18.4 Å². The van der Waals surface area contributed by atoms with E-state index in [2.05, 4.69) is 24.5 Å². The molecule has 23 heavy (non-hydrogen) atoms. The average molecular weight is 314 g/mol. The predicted octanol–water partition coefficient (Wildman–Crippen LogP) is 3.72. The van der Waals surface area contributed by atoms with Gasteiger partial charge in [0.05, 0.1) is 6.54 Å². The van der Waals surface area contributed by atoms with Crippen LogP contribution in [0.4, 0.5) is 10.1 Å². The summed E-state index contributed by atoms with van der Waals surface area (Å²) in [5, 5.41) is 5.96. The number of benzene rings is 2. The third-order valence-electron chi connectivity index (χ3n) is 3.65. The maximum atomic E-state index is 12.8. The number of hydrogen-bond donors (Lipinski definition) is 2. The molecule has 0 aliphatic rings. The Morgan fingerprint density at radius 2 is 1.70 bits per heavy atom. The zero-order chi connectivity index (χ0) is 16.7. The maximum absolute atomic E-state index is 12.8. The molecule has 0 aliphatic heterocycles. The highest BCUT2D eigenvalue weighted by Gasteiger charge is 2.03. The summed E-state index contributed by atoms with van der Waals surface area (Å²) in [5.74, 6) is 0.179. The molecule has 0 spiro atoms. The van der Waals surface area contributed by atoms with E-state index in [1.54, 1.807) is 12.1 Å². The molecule has 0 aromatic heterocycles. The van der Waals surface area contributed by atoms with Gasteiger partial charge in [-0.3, -0.25) is 4.79 Å². The van der Waals surface area contributed by atoms with Crippen LogP contribution in [0, 0.1) is 5.82 Å². The Balaban J connectivity index is 1.69. The molecule has 2 aromatic rings. The van der Waals surface area contributed by atoms with Gasteiger partial charge in [-0.2, -0.15) is 0 Å². The normalized spacial score (nSPS) is 10.8. The number of hydrogen-bond acceptors (Lipinski definition) is 2. The Morgan fingerprint density at radius 1 is 1.04 bits per heavy atom. The zero-order valence-corrected chi connectivity index (χ0v) is 13.6. The molecule has 122 valence electrons. The van der Waals surface area contributed by atoms with Crippen molar-refractivity contribution in [3.8, 4) is 0 Å². The van der Waals surface area contributed by atoms with E-state index >= 15 is 0 Å². The first-order valence-corrected chi connectivity index (χ1v) is 7.89. The Hall–Kier alpha value is -2.20. The van der Waals surface area contributed by atoms with E-state index in [-0.39, 0.29) is 18.3 Å². The molecule has 0 heterocycles. The summed E-state index contributed by atoms with van der Waals surface area (Å²) < 4.78 is 12.8. The lowest BCUT2D eigenvalue weighted by Crippen LogP contribution is -2.29. The molecular formula is C19H23FN2O. The van der Waals surface area contributed by atoms with E-state index in [1.165, 1.54) is 17.7 Å². The van der Waals surface area contributed by atoms with E-state index in [4.69, 9.17) is 0 Å². The number of amides is 1. The van der Waals surface area contributed by atoms with E-state index in [9.17, 15) is 9.18 Å². The van der Waals surface area contributed by atoms with Crippen molar-refractivity contribution in [1.29, 1.82) is 0 Å². The topological polar surface area (TPSA) is 41.1 Å². The van der Waals surface area contributed by atoms with Crippen LogP contribution in [0.5, 0.6) is 0 Å². The SMILES string of the molecule is CC(C)c1ccc(NC(=O)CNCCc2ccc(F)cc2)cc1. The highest BCUT2D eigenvalue weighted by Crippen LogP contribution is 2.16. The Kier molecular flexibility index (Phi) is 6.29. The average Bonchev–Trinajstić information content (AvgIpc) is 2.54. The van der Waals surface area contributed by atoms with Crippen LogP contribution in [-0.2, 0) is 11.2 Å². The molecule has 2 aromatic carbocycles. The van der Waals surface area contributed by atoms with Crippen LogP contribution < -0.4 is 10.6 Å². The van der Waals surface area contributed by atoms with E-state index in [0.717, 1.165) is 17.7 Å². The van der Waals surface area contributed by atoms with Gasteiger partial charge in [0, 0.05) is 5.69 Å². The second kappa shape index (κ2) is 8.44. The molecule has 2 N–H and O–H groups in total. The van der Waals surface area contributed by atoms with E-state index in [0.29, 0.717) is 12.5 Å². The largest absolute Gasteiger partial charge is 0.325 e. The number of carbonyl (C=O) groups excluding carboxylic acids is 1. The fourth-order valence-corrected chi connectivity index (χ4v) is 2.24. The minimum Gasteiger partial charge on any atom is -0.325 e. The lowest BCUT2D eigenvalue weighted by Gasteiger charge is -2.09. The highest BCUT2D eigenvalue weighted by atomic mass is 19.1. The fraction of sp³-hybridized carbons (Fsp3) is 0.316. The Bertz CT molecular complexity index is 621. The number of halogens is 1. The standard InChI is InChI=1S/C19H23FN2O/c1-14(2)16-5-9-18(10-6-16)22-19(23)13-21-12-11-15-3-7-17(20)8-4-15/h3-10,14,21H,11-13H2,1-2H3,(H,22,23). The Labute approximate surface area is 136 Å². The van der Waals surface area contributed by atoms with Crippen molar-refractivity contribution in [3.63, 3.8) is 0 Å². The quantitative estimate of drug-likeness (QED) is 0.765. The van der Waals surface area contributed by atoms with Crippen molar-refractivity contribution in [2.24, 2.45) is 0 Å². The van der Waals surface area contributed by atoms with Crippen LogP contribution in [0.1, 0.15) is 30.9 Å². The van der Waals surface area contributed by atoms with Gasteiger partial charge in [0.25, 0.3) is 0 Å². The van der Waals surface area contributed by atoms with Crippen LogP contribution in [0.25, 0.3) is 0 Å². The van der Waals surface area contributed by atoms with E-state index < -0.39 is 0 Å². The smallest absolute Gasteiger partial charge is 0.238 e. The monoisotopic (exact) mass is 314 g/mol. The molecule has 0 radical (unpaired) electrons. The summed E-state index contributed by atoms with van der Waals surface area (Å²) in [6, 6.07) is 14.3. The fourth-order valence-electron chi connectivity index (χ4n) is 2.24. The molecule has 0 bridgehead atoms. The highest BCUT2D eigenvalue weighted by molar-refractivity contribution is 5.92. The minimum absolute atomic E-state index is 0.0681. The summed E-state index contributed by atoms with van der Waals surface area (Å²) in [7, 11) is 0. The predicted molar refractivity (Wildman–Crippen MR) is 92.1 cm³/mol. The molecule has 0 unspecified atom stereocenters. The van der Waals surface area contributed by atoms with Gasteiger partial charge in [0.2, 0.25) is 5.91 Å². The van der Waals surface area contributed by atoms with Gasteiger partial charge in [0.15, 0.2) is 0 Å². The van der Waals surface area contributed by atoms with Crippen LogP contribution in [0.2, 0.25) is 0 Å². The second-order valence-corrected chi connectivity index (χ2v) is 5.88. The molecule has 0 fully saturated rings. The van der Waals surface area contributed by atoms with E-state index in [1.807, 2.05) is 24.3 Å². The first-order chi connectivity index (χ1) is 11.0. The number of carbonyl (C=O) groups is 1. The van der Waals surface area contributed by atoms with Crippen LogP contribution >= 0.6 is 0 Å². The Morgan fingerprint density at radius 3 is 2.30 bits per heavy atom. The third kappa shape index (κ3) is 5.83. The van der Waals surface area contributed by atoms with Crippen LogP contribution in [0.15, 0.2) is 48.5 Å². The van der Waals surface area contributed by atoms with Gasteiger partial charge in [-0.15, -0.1) is 0 Å². The van der Waals surface area contributed by atoms with Crippen molar-refractivity contribution in [2.45, 2.75) is 26.2 Å². The second-order valence-electron chi connectivity index (χ2n) is 5.88. The molecule has 4 heteroatoms. The number of anilines is 1. The molecule has 3 nitrogen and oxygen atoms in total.